The second-order valence-electron chi connectivity index (χ2n) is 4.58. The molecule has 0 radical (unpaired) electrons. The molecule has 1 aliphatic rings. The smallest absolute Gasteiger partial charge is 0.0943 e. The van der Waals surface area contributed by atoms with Gasteiger partial charge in [-0.15, -0.1) is 0 Å². The Morgan fingerprint density at radius 3 is 2.33 bits per heavy atom. The molecule has 0 bridgehead atoms. The molecule has 0 N–H and O–H groups in total. The molecule has 0 spiro atoms. The lowest BCUT2D eigenvalue weighted by Gasteiger charge is -2.33. The van der Waals surface area contributed by atoms with E-state index < -0.39 is 0 Å². The quantitative estimate of drug-likeness (QED) is 0.544. The summed E-state index contributed by atoms with van der Waals surface area (Å²) < 4.78 is 0. The van der Waals surface area contributed by atoms with Gasteiger partial charge in [-0.1, -0.05) is 20.4 Å². The van der Waals surface area contributed by atoms with Crippen molar-refractivity contribution in [1.29, 1.82) is 5.26 Å². The monoisotopic (exact) mass is 163 g/mol. The Morgan fingerprint density at radius 2 is 1.92 bits per heavy atom. The highest BCUT2D eigenvalue weighted by Crippen LogP contribution is 2.39. The largest absolute Gasteiger partial charge is 0.193 e. The topological polar surface area (TPSA) is 23.8 Å². The summed E-state index contributed by atoms with van der Waals surface area (Å²) >= 11 is 0. The van der Waals surface area contributed by atoms with Gasteiger partial charge in [0.1, 0.15) is 0 Å². The van der Waals surface area contributed by atoms with E-state index in [9.17, 15) is 0 Å². The maximum absolute atomic E-state index is 8.67. The number of hydrogen-bond donors (Lipinski definition) is 0. The molecule has 0 atom stereocenters. The number of allylic oxidation sites excluding steroid dienone is 1. The van der Waals surface area contributed by atoms with Crippen molar-refractivity contribution in [3.63, 3.8) is 0 Å². The minimum Gasteiger partial charge on any atom is -0.193 e. The summed E-state index contributed by atoms with van der Waals surface area (Å²) in [5.74, 6) is 0.475. The molecule has 66 valence electrons. The van der Waals surface area contributed by atoms with Crippen LogP contribution >= 0.6 is 0 Å². The van der Waals surface area contributed by atoms with Gasteiger partial charge in [-0.05, 0) is 37.0 Å². The first-order valence-corrected chi connectivity index (χ1v) is 4.64. The molecule has 0 aliphatic heterocycles. The van der Waals surface area contributed by atoms with E-state index in [1.165, 1.54) is 12.8 Å². The Kier molecular flexibility index (Phi) is 2.57. The Labute approximate surface area is 75.1 Å². The minimum absolute atomic E-state index is 0.475. The van der Waals surface area contributed by atoms with Crippen LogP contribution in [0.25, 0.3) is 0 Å². The fourth-order valence-corrected chi connectivity index (χ4v) is 1.84. The van der Waals surface area contributed by atoms with Gasteiger partial charge in [0.15, 0.2) is 0 Å². The van der Waals surface area contributed by atoms with Gasteiger partial charge in [-0.25, -0.2) is 0 Å². The summed E-state index contributed by atoms with van der Waals surface area (Å²) in [6, 6.07) is 2.17. The van der Waals surface area contributed by atoms with Crippen LogP contribution in [0.2, 0.25) is 0 Å². The molecule has 0 unspecified atom stereocenters. The van der Waals surface area contributed by atoms with E-state index in [1.807, 2.05) is 0 Å². The Hall–Kier alpha value is -0.770. The average Bonchev–Trinajstić information content (AvgIpc) is 2.03. The standard InChI is InChI=1S/C11H17N/c1-9(8-12)10-4-6-11(2,3)7-5-10/h10H,1,4-7H2,2-3H3. The van der Waals surface area contributed by atoms with E-state index in [2.05, 4.69) is 26.5 Å². The van der Waals surface area contributed by atoms with Crippen LogP contribution < -0.4 is 0 Å². The summed E-state index contributed by atoms with van der Waals surface area (Å²) in [4.78, 5) is 0. The molecule has 0 saturated heterocycles. The minimum atomic E-state index is 0.475. The Morgan fingerprint density at radius 1 is 1.42 bits per heavy atom. The van der Waals surface area contributed by atoms with Gasteiger partial charge in [-0.3, -0.25) is 0 Å². The van der Waals surface area contributed by atoms with Crippen molar-refractivity contribution in [2.45, 2.75) is 39.5 Å². The van der Waals surface area contributed by atoms with Gasteiger partial charge in [0.2, 0.25) is 0 Å². The second-order valence-corrected chi connectivity index (χ2v) is 4.58. The highest BCUT2D eigenvalue weighted by Gasteiger charge is 2.27. The van der Waals surface area contributed by atoms with Crippen molar-refractivity contribution in [3.8, 4) is 6.07 Å². The first kappa shape index (κ1) is 9.32. The molecule has 0 aromatic rings. The maximum atomic E-state index is 8.67. The number of nitrogens with zero attached hydrogens (tertiary/aromatic N) is 1. The van der Waals surface area contributed by atoms with Crippen LogP contribution in [-0.4, -0.2) is 0 Å². The zero-order valence-electron chi connectivity index (χ0n) is 8.06. The summed E-state index contributed by atoms with van der Waals surface area (Å²) in [6.45, 7) is 8.39. The van der Waals surface area contributed by atoms with Crippen LogP contribution in [0.5, 0.6) is 0 Å². The zero-order chi connectivity index (χ0) is 9.19. The molecule has 12 heavy (non-hydrogen) atoms. The molecule has 1 heteroatoms. The summed E-state index contributed by atoms with van der Waals surface area (Å²) in [5, 5.41) is 8.67. The van der Waals surface area contributed by atoms with Crippen LogP contribution in [0.15, 0.2) is 12.2 Å². The van der Waals surface area contributed by atoms with Crippen LogP contribution in [0.1, 0.15) is 39.5 Å². The van der Waals surface area contributed by atoms with Gasteiger partial charge in [0, 0.05) is 5.57 Å². The van der Waals surface area contributed by atoms with Crippen molar-refractivity contribution in [2.75, 3.05) is 0 Å². The number of hydrogen-bond acceptors (Lipinski definition) is 1. The van der Waals surface area contributed by atoms with Gasteiger partial charge >= 0.3 is 0 Å². The molecule has 1 rings (SSSR count). The molecule has 1 aliphatic carbocycles. The van der Waals surface area contributed by atoms with E-state index in [1.54, 1.807) is 0 Å². The van der Waals surface area contributed by atoms with E-state index >= 15 is 0 Å². The van der Waals surface area contributed by atoms with Crippen molar-refractivity contribution in [2.24, 2.45) is 11.3 Å². The first-order chi connectivity index (χ1) is 5.55. The molecule has 1 saturated carbocycles. The van der Waals surface area contributed by atoms with E-state index in [0.717, 1.165) is 18.4 Å². The van der Waals surface area contributed by atoms with Gasteiger partial charge < -0.3 is 0 Å². The predicted molar refractivity (Wildman–Crippen MR) is 50.5 cm³/mol. The average molecular weight is 163 g/mol. The van der Waals surface area contributed by atoms with Crippen molar-refractivity contribution >= 4 is 0 Å². The van der Waals surface area contributed by atoms with Gasteiger partial charge in [0.25, 0.3) is 0 Å². The fraction of sp³-hybridized carbons (Fsp3) is 0.727. The highest BCUT2D eigenvalue weighted by atomic mass is 14.3. The maximum Gasteiger partial charge on any atom is 0.0943 e. The molecule has 0 heterocycles. The summed E-state index contributed by atoms with van der Waals surface area (Å²) in [6.07, 6.45) is 4.77. The lowest BCUT2D eigenvalue weighted by Crippen LogP contribution is -2.21. The Balaban J connectivity index is 2.48. The number of nitriles is 1. The van der Waals surface area contributed by atoms with Crippen molar-refractivity contribution in [3.05, 3.63) is 12.2 Å². The van der Waals surface area contributed by atoms with Gasteiger partial charge in [0.05, 0.1) is 6.07 Å². The van der Waals surface area contributed by atoms with Crippen LogP contribution in [0, 0.1) is 22.7 Å². The molecule has 0 aromatic heterocycles. The first-order valence-electron chi connectivity index (χ1n) is 4.64. The molecule has 1 fully saturated rings. The third-order valence-electron chi connectivity index (χ3n) is 2.98. The predicted octanol–water partition coefficient (Wildman–Crippen LogP) is 3.28. The lowest BCUT2D eigenvalue weighted by atomic mass is 9.71. The highest BCUT2D eigenvalue weighted by molar-refractivity contribution is 5.20. The summed E-state index contributed by atoms with van der Waals surface area (Å²) in [5.41, 5.74) is 1.28. The SMILES string of the molecule is C=C(C#N)C1CCC(C)(C)CC1. The third-order valence-corrected chi connectivity index (χ3v) is 2.98. The molecule has 0 aromatic carbocycles. The molecular formula is C11H17N. The van der Waals surface area contributed by atoms with Crippen LogP contribution in [0.3, 0.4) is 0 Å². The lowest BCUT2D eigenvalue weighted by molar-refractivity contribution is 0.210. The van der Waals surface area contributed by atoms with Gasteiger partial charge in [-0.2, -0.15) is 5.26 Å². The number of rotatable bonds is 1. The molecular weight excluding hydrogens is 146 g/mol. The van der Waals surface area contributed by atoms with Crippen molar-refractivity contribution < 1.29 is 0 Å². The normalized spacial score (nSPS) is 23.1. The second kappa shape index (κ2) is 3.31. The van der Waals surface area contributed by atoms with E-state index in [-0.39, 0.29) is 0 Å². The van der Waals surface area contributed by atoms with Crippen LogP contribution in [0.4, 0.5) is 0 Å². The summed E-state index contributed by atoms with van der Waals surface area (Å²) in [7, 11) is 0. The Bertz CT molecular complexity index is 210. The zero-order valence-corrected chi connectivity index (χ0v) is 8.06. The van der Waals surface area contributed by atoms with Crippen molar-refractivity contribution in [1.82, 2.24) is 0 Å². The third kappa shape index (κ3) is 2.11. The molecule has 1 nitrogen and oxygen atoms in total. The van der Waals surface area contributed by atoms with E-state index in [0.29, 0.717) is 11.3 Å². The fourth-order valence-electron chi connectivity index (χ4n) is 1.84. The van der Waals surface area contributed by atoms with E-state index in [4.69, 9.17) is 5.26 Å². The van der Waals surface area contributed by atoms with Crippen LogP contribution in [-0.2, 0) is 0 Å². The molecule has 0 amide bonds.